The Morgan fingerprint density at radius 3 is 2.04 bits per heavy atom. The standard InChI is InChI=1S/C18H15Cl2FN2O2/c19-14-6-5-12(11-15(14)20)17(24)22-7-9-23(10-8-22)18(25)13-3-1-2-4-16(13)21/h1-6,11H,7-10H2. The van der Waals surface area contributed by atoms with Gasteiger partial charge in [-0.1, -0.05) is 35.3 Å². The molecule has 2 aromatic rings. The molecular formula is C18H15Cl2FN2O2. The minimum absolute atomic E-state index is 0.0479. The molecule has 25 heavy (non-hydrogen) atoms. The van der Waals surface area contributed by atoms with Crippen molar-refractivity contribution in [2.75, 3.05) is 26.2 Å². The number of rotatable bonds is 2. The summed E-state index contributed by atoms with van der Waals surface area (Å²) in [5.41, 5.74) is 0.495. The lowest BCUT2D eigenvalue weighted by Gasteiger charge is -2.35. The number of piperazine rings is 1. The highest BCUT2D eigenvalue weighted by Gasteiger charge is 2.26. The molecule has 0 unspecified atom stereocenters. The van der Waals surface area contributed by atoms with Gasteiger partial charge in [0.1, 0.15) is 5.82 Å². The van der Waals surface area contributed by atoms with E-state index in [1.165, 1.54) is 18.2 Å². The molecule has 0 spiro atoms. The van der Waals surface area contributed by atoms with Crippen LogP contribution in [0.25, 0.3) is 0 Å². The quantitative estimate of drug-likeness (QED) is 0.796. The van der Waals surface area contributed by atoms with Crippen molar-refractivity contribution in [2.24, 2.45) is 0 Å². The van der Waals surface area contributed by atoms with Gasteiger partial charge in [0.15, 0.2) is 0 Å². The third kappa shape index (κ3) is 3.78. The smallest absolute Gasteiger partial charge is 0.256 e. The molecule has 0 aliphatic carbocycles. The topological polar surface area (TPSA) is 40.6 Å². The van der Waals surface area contributed by atoms with Crippen LogP contribution in [-0.4, -0.2) is 47.8 Å². The molecule has 1 aliphatic rings. The highest BCUT2D eigenvalue weighted by molar-refractivity contribution is 6.42. The first kappa shape index (κ1) is 17.7. The summed E-state index contributed by atoms with van der Waals surface area (Å²) in [5.74, 6) is -1.07. The van der Waals surface area contributed by atoms with Gasteiger partial charge in [-0.15, -0.1) is 0 Å². The Balaban J connectivity index is 1.65. The third-order valence-electron chi connectivity index (χ3n) is 4.12. The van der Waals surface area contributed by atoms with Gasteiger partial charge >= 0.3 is 0 Å². The molecule has 1 fully saturated rings. The van der Waals surface area contributed by atoms with Gasteiger partial charge in [-0.2, -0.15) is 0 Å². The molecular weight excluding hydrogens is 366 g/mol. The maximum atomic E-state index is 13.8. The predicted molar refractivity (Wildman–Crippen MR) is 94.7 cm³/mol. The van der Waals surface area contributed by atoms with E-state index in [9.17, 15) is 14.0 Å². The number of carbonyl (C=O) groups excluding carboxylic acids is 2. The Labute approximate surface area is 154 Å². The summed E-state index contributed by atoms with van der Waals surface area (Å²) in [4.78, 5) is 28.1. The fraction of sp³-hybridized carbons (Fsp3) is 0.222. The molecule has 0 N–H and O–H groups in total. The maximum absolute atomic E-state index is 13.8. The summed E-state index contributed by atoms with van der Waals surface area (Å²) >= 11 is 11.8. The lowest BCUT2D eigenvalue weighted by atomic mass is 10.1. The number of carbonyl (C=O) groups is 2. The van der Waals surface area contributed by atoms with E-state index in [2.05, 4.69) is 0 Å². The number of benzene rings is 2. The van der Waals surface area contributed by atoms with Crippen molar-refractivity contribution >= 4 is 35.0 Å². The van der Waals surface area contributed by atoms with E-state index in [1.54, 1.807) is 34.1 Å². The summed E-state index contributed by atoms with van der Waals surface area (Å²) in [6, 6.07) is 10.6. The molecule has 2 aromatic carbocycles. The fourth-order valence-corrected chi connectivity index (χ4v) is 3.03. The van der Waals surface area contributed by atoms with Crippen LogP contribution in [0.3, 0.4) is 0 Å². The zero-order chi connectivity index (χ0) is 18.0. The molecule has 3 rings (SSSR count). The van der Waals surface area contributed by atoms with Crippen molar-refractivity contribution in [1.29, 1.82) is 0 Å². The normalized spacial score (nSPS) is 14.5. The Kier molecular flexibility index (Phi) is 5.25. The van der Waals surface area contributed by atoms with Crippen molar-refractivity contribution in [1.82, 2.24) is 9.80 Å². The van der Waals surface area contributed by atoms with Crippen LogP contribution in [0.2, 0.25) is 10.0 Å². The van der Waals surface area contributed by atoms with E-state index in [-0.39, 0.29) is 17.4 Å². The maximum Gasteiger partial charge on any atom is 0.256 e. The molecule has 0 saturated carbocycles. The summed E-state index contributed by atoms with van der Waals surface area (Å²) in [5, 5.41) is 0.708. The Morgan fingerprint density at radius 2 is 1.44 bits per heavy atom. The second kappa shape index (κ2) is 7.42. The first-order chi connectivity index (χ1) is 12.0. The van der Waals surface area contributed by atoms with Crippen LogP contribution in [0, 0.1) is 5.82 Å². The van der Waals surface area contributed by atoms with Gasteiger partial charge < -0.3 is 9.80 Å². The summed E-state index contributed by atoms with van der Waals surface area (Å²) < 4.78 is 13.8. The first-order valence-electron chi connectivity index (χ1n) is 7.75. The monoisotopic (exact) mass is 380 g/mol. The minimum atomic E-state index is -0.540. The number of halogens is 3. The van der Waals surface area contributed by atoms with E-state index in [1.807, 2.05) is 0 Å². The van der Waals surface area contributed by atoms with Gasteiger partial charge in [-0.05, 0) is 30.3 Å². The van der Waals surface area contributed by atoms with Crippen molar-refractivity contribution in [3.8, 4) is 0 Å². The molecule has 1 saturated heterocycles. The molecule has 1 aliphatic heterocycles. The SMILES string of the molecule is O=C(c1ccc(Cl)c(Cl)c1)N1CCN(C(=O)c2ccccc2F)CC1. The summed E-state index contributed by atoms with van der Waals surface area (Å²) in [6.07, 6.45) is 0. The van der Waals surface area contributed by atoms with Crippen LogP contribution in [0.5, 0.6) is 0 Å². The van der Waals surface area contributed by atoms with Gasteiger partial charge in [0.25, 0.3) is 11.8 Å². The van der Waals surface area contributed by atoms with Crippen molar-refractivity contribution in [2.45, 2.75) is 0 Å². The molecule has 7 heteroatoms. The molecule has 0 atom stereocenters. The largest absolute Gasteiger partial charge is 0.335 e. The van der Waals surface area contributed by atoms with E-state index in [4.69, 9.17) is 23.2 Å². The molecule has 0 aromatic heterocycles. The lowest BCUT2D eigenvalue weighted by Crippen LogP contribution is -2.50. The highest BCUT2D eigenvalue weighted by atomic mass is 35.5. The van der Waals surface area contributed by atoms with Crippen LogP contribution in [0.4, 0.5) is 4.39 Å². The summed E-state index contributed by atoms with van der Waals surface area (Å²) in [7, 11) is 0. The number of nitrogens with zero attached hydrogens (tertiary/aromatic N) is 2. The van der Waals surface area contributed by atoms with Gasteiger partial charge in [-0.25, -0.2) is 4.39 Å². The van der Waals surface area contributed by atoms with Crippen molar-refractivity contribution in [3.63, 3.8) is 0 Å². The second-order valence-electron chi connectivity index (χ2n) is 5.69. The number of hydrogen-bond acceptors (Lipinski definition) is 2. The van der Waals surface area contributed by atoms with E-state index in [0.717, 1.165) is 0 Å². The van der Waals surface area contributed by atoms with Crippen LogP contribution >= 0.6 is 23.2 Å². The van der Waals surface area contributed by atoms with Crippen LogP contribution in [-0.2, 0) is 0 Å². The van der Waals surface area contributed by atoms with E-state index >= 15 is 0 Å². The molecule has 0 radical (unpaired) electrons. The first-order valence-corrected chi connectivity index (χ1v) is 8.51. The van der Waals surface area contributed by atoms with Gasteiger partial charge in [-0.3, -0.25) is 9.59 Å². The zero-order valence-corrected chi connectivity index (χ0v) is 14.7. The van der Waals surface area contributed by atoms with Crippen LogP contribution in [0.15, 0.2) is 42.5 Å². The van der Waals surface area contributed by atoms with E-state index in [0.29, 0.717) is 41.8 Å². The third-order valence-corrected chi connectivity index (χ3v) is 4.86. The molecule has 2 amide bonds. The fourth-order valence-electron chi connectivity index (χ4n) is 2.73. The van der Waals surface area contributed by atoms with Gasteiger partial charge in [0, 0.05) is 31.7 Å². The van der Waals surface area contributed by atoms with Crippen LogP contribution < -0.4 is 0 Å². The highest BCUT2D eigenvalue weighted by Crippen LogP contribution is 2.23. The average molecular weight is 381 g/mol. The minimum Gasteiger partial charge on any atom is -0.335 e. The lowest BCUT2D eigenvalue weighted by molar-refractivity contribution is 0.0533. The Hall–Kier alpha value is -2.11. The Morgan fingerprint density at radius 1 is 0.840 bits per heavy atom. The van der Waals surface area contributed by atoms with Gasteiger partial charge in [0.05, 0.1) is 15.6 Å². The molecule has 130 valence electrons. The Bertz CT molecular complexity index is 820. The number of hydrogen-bond donors (Lipinski definition) is 0. The summed E-state index contributed by atoms with van der Waals surface area (Å²) in [6.45, 7) is 1.44. The van der Waals surface area contributed by atoms with Gasteiger partial charge in [0.2, 0.25) is 0 Å². The average Bonchev–Trinajstić information content (AvgIpc) is 2.63. The van der Waals surface area contributed by atoms with Crippen LogP contribution in [0.1, 0.15) is 20.7 Å². The molecule has 1 heterocycles. The number of amides is 2. The second-order valence-corrected chi connectivity index (χ2v) is 6.51. The van der Waals surface area contributed by atoms with Crippen molar-refractivity contribution < 1.29 is 14.0 Å². The molecule has 0 bridgehead atoms. The molecule has 4 nitrogen and oxygen atoms in total. The van der Waals surface area contributed by atoms with Crippen molar-refractivity contribution in [3.05, 3.63) is 69.5 Å². The predicted octanol–water partition coefficient (Wildman–Crippen LogP) is 3.73. The zero-order valence-electron chi connectivity index (χ0n) is 13.2. The van der Waals surface area contributed by atoms with E-state index < -0.39 is 5.82 Å².